The first-order valence-electron chi connectivity index (χ1n) is 4.40. The largest absolute Gasteiger partial charge is 0.482 e. The van der Waals surface area contributed by atoms with E-state index in [9.17, 15) is 8.78 Å². The monoisotopic (exact) mass is 276 g/mol. The third-order valence-corrected chi connectivity index (χ3v) is 2.04. The number of hydrogen-bond donors (Lipinski definition) is 0. The summed E-state index contributed by atoms with van der Waals surface area (Å²) in [5.41, 5.74) is 0.933. The van der Waals surface area contributed by atoms with Crippen LogP contribution < -0.4 is 0 Å². The van der Waals surface area contributed by atoms with Crippen LogP contribution in [0.3, 0.4) is 0 Å². The summed E-state index contributed by atoms with van der Waals surface area (Å²) < 4.78 is 30.2. The lowest BCUT2D eigenvalue weighted by atomic mass is 10.2. The third kappa shape index (κ3) is 5.52. The number of allylic oxidation sites excluding steroid dienone is 1. The summed E-state index contributed by atoms with van der Waals surface area (Å²) in [6.07, 6.45) is 0.732. The lowest BCUT2D eigenvalue weighted by Gasteiger charge is -2.07. The molecule has 0 atom stereocenters. The number of halogens is 3. The summed E-state index contributed by atoms with van der Waals surface area (Å²) in [7, 11) is 0. The van der Waals surface area contributed by atoms with Crippen molar-refractivity contribution >= 4 is 15.9 Å². The molecule has 0 bridgehead atoms. The fraction of sp³-hybridized carbons (Fsp3) is 0.273. The van der Waals surface area contributed by atoms with Gasteiger partial charge in [0, 0.05) is 13.0 Å². The standard InChI is InChI=1S/C11H11BrF2O/c1-11(13,14)7-10(12)15-8-9-5-3-2-4-6-9/h2-7H,8H2,1H3. The normalized spacial score (nSPS) is 12.7. The van der Waals surface area contributed by atoms with Crippen molar-refractivity contribution in [3.05, 3.63) is 46.6 Å². The Morgan fingerprint density at radius 2 is 2.00 bits per heavy atom. The molecular formula is C11H11BrF2O. The second-order valence-corrected chi connectivity index (χ2v) is 3.96. The van der Waals surface area contributed by atoms with Crippen LogP contribution in [0.4, 0.5) is 8.78 Å². The van der Waals surface area contributed by atoms with Crippen LogP contribution in [-0.2, 0) is 11.3 Å². The van der Waals surface area contributed by atoms with E-state index in [0.29, 0.717) is 0 Å². The van der Waals surface area contributed by atoms with E-state index in [1.54, 1.807) is 0 Å². The smallest absolute Gasteiger partial charge is 0.268 e. The molecule has 0 aliphatic rings. The Balaban J connectivity index is 2.48. The van der Waals surface area contributed by atoms with E-state index < -0.39 is 5.92 Å². The van der Waals surface area contributed by atoms with E-state index in [0.717, 1.165) is 18.6 Å². The van der Waals surface area contributed by atoms with Gasteiger partial charge in [0.25, 0.3) is 5.92 Å². The molecule has 4 heteroatoms. The lowest BCUT2D eigenvalue weighted by molar-refractivity contribution is 0.0718. The fourth-order valence-electron chi connectivity index (χ4n) is 0.967. The highest BCUT2D eigenvalue weighted by Gasteiger charge is 2.18. The maximum absolute atomic E-state index is 12.5. The van der Waals surface area contributed by atoms with Crippen LogP contribution in [0.1, 0.15) is 12.5 Å². The minimum Gasteiger partial charge on any atom is -0.482 e. The average molecular weight is 277 g/mol. The first kappa shape index (κ1) is 12.2. The van der Waals surface area contributed by atoms with Crippen LogP contribution >= 0.6 is 15.9 Å². The first-order valence-corrected chi connectivity index (χ1v) is 5.19. The molecule has 0 saturated heterocycles. The SMILES string of the molecule is CC(F)(F)C=C(Br)OCc1ccccc1. The highest BCUT2D eigenvalue weighted by atomic mass is 79.9. The topological polar surface area (TPSA) is 9.23 Å². The van der Waals surface area contributed by atoms with Gasteiger partial charge < -0.3 is 4.74 Å². The first-order chi connectivity index (χ1) is 6.97. The molecule has 15 heavy (non-hydrogen) atoms. The zero-order valence-electron chi connectivity index (χ0n) is 8.21. The predicted molar refractivity (Wildman–Crippen MR) is 58.9 cm³/mol. The van der Waals surface area contributed by atoms with Crippen LogP contribution in [-0.4, -0.2) is 5.92 Å². The number of hydrogen-bond acceptors (Lipinski definition) is 1. The summed E-state index contributed by atoms with van der Waals surface area (Å²) in [5, 5.41) is 0. The molecule has 0 aliphatic heterocycles. The van der Waals surface area contributed by atoms with Gasteiger partial charge in [0.2, 0.25) is 0 Å². The molecule has 0 heterocycles. The minimum absolute atomic E-state index is 0.0545. The van der Waals surface area contributed by atoms with Crippen molar-refractivity contribution in [3.63, 3.8) is 0 Å². The van der Waals surface area contributed by atoms with Gasteiger partial charge in [0.15, 0.2) is 4.67 Å². The molecule has 0 unspecified atom stereocenters. The van der Waals surface area contributed by atoms with Gasteiger partial charge in [0.05, 0.1) is 0 Å². The second-order valence-electron chi connectivity index (χ2n) is 3.18. The molecule has 1 aromatic rings. The predicted octanol–water partition coefficient (Wildman–Crippen LogP) is 4.09. The maximum Gasteiger partial charge on any atom is 0.268 e. The fourth-order valence-corrected chi connectivity index (χ4v) is 1.48. The molecule has 0 amide bonds. The van der Waals surface area contributed by atoms with E-state index in [2.05, 4.69) is 15.9 Å². The molecule has 0 spiro atoms. The van der Waals surface area contributed by atoms with E-state index in [1.807, 2.05) is 30.3 Å². The zero-order chi connectivity index (χ0) is 11.3. The highest BCUT2D eigenvalue weighted by molar-refractivity contribution is 9.11. The Hall–Kier alpha value is -0.900. The Bertz CT molecular complexity index is 330. The molecule has 0 aliphatic carbocycles. The second kappa shape index (κ2) is 5.26. The Labute approximate surface area is 95.9 Å². The minimum atomic E-state index is -2.87. The van der Waals surface area contributed by atoms with Crippen molar-refractivity contribution in [3.8, 4) is 0 Å². The highest BCUT2D eigenvalue weighted by Crippen LogP contribution is 2.20. The molecule has 0 radical (unpaired) electrons. The van der Waals surface area contributed by atoms with Crippen LogP contribution in [0.5, 0.6) is 0 Å². The van der Waals surface area contributed by atoms with E-state index in [4.69, 9.17) is 4.74 Å². The lowest BCUT2D eigenvalue weighted by Crippen LogP contribution is -2.05. The van der Waals surface area contributed by atoms with Crippen molar-refractivity contribution in [2.45, 2.75) is 19.5 Å². The molecular weight excluding hydrogens is 266 g/mol. The van der Waals surface area contributed by atoms with Gasteiger partial charge in [-0.2, -0.15) is 0 Å². The van der Waals surface area contributed by atoms with E-state index >= 15 is 0 Å². The molecule has 0 fully saturated rings. The summed E-state index contributed by atoms with van der Waals surface area (Å²) >= 11 is 2.93. The molecule has 0 N–H and O–H groups in total. The van der Waals surface area contributed by atoms with Gasteiger partial charge in [-0.25, -0.2) is 8.78 Å². The van der Waals surface area contributed by atoms with Crippen LogP contribution in [0.25, 0.3) is 0 Å². The van der Waals surface area contributed by atoms with Gasteiger partial charge in [-0.3, -0.25) is 0 Å². The van der Waals surface area contributed by atoms with Gasteiger partial charge in [-0.1, -0.05) is 30.3 Å². The van der Waals surface area contributed by atoms with Crippen LogP contribution in [0.2, 0.25) is 0 Å². The van der Waals surface area contributed by atoms with Gasteiger partial charge in [-0.05, 0) is 21.5 Å². The van der Waals surface area contributed by atoms with Crippen molar-refractivity contribution < 1.29 is 13.5 Å². The molecule has 1 nitrogen and oxygen atoms in total. The van der Waals surface area contributed by atoms with Crippen LogP contribution in [0, 0.1) is 0 Å². The van der Waals surface area contributed by atoms with Crippen molar-refractivity contribution in [2.75, 3.05) is 0 Å². The van der Waals surface area contributed by atoms with Gasteiger partial charge in [-0.15, -0.1) is 0 Å². The van der Waals surface area contributed by atoms with Crippen molar-refractivity contribution in [2.24, 2.45) is 0 Å². The average Bonchev–Trinajstić information content (AvgIpc) is 2.14. The van der Waals surface area contributed by atoms with Crippen molar-refractivity contribution in [1.29, 1.82) is 0 Å². The van der Waals surface area contributed by atoms with Gasteiger partial charge >= 0.3 is 0 Å². The van der Waals surface area contributed by atoms with Gasteiger partial charge in [0.1, 0.15) is 6.61 Å². The Kier molecular flexibility index (Phi) is 4.27. The van der Waals surface area contributed by atoms with Crippen LogP contribution in [0.15, 0.2) is 41.1 Å². The van der Waals surface area contributed by atoms with E-state index in [1.165, 1.54) is 0 Å². The molecule has 0 aromatic heterocycles. The molecule has 1 aromatic carbocycles. The summed E-state index contributed by atoms with van der Waals surface area (Å²) in [5.74, 6) is -2.87. The number of alkyl halides is 2. The quantitative estimate of drug-likeness (QED) is 0.753. The third-order valence-electron chi connectivity index (χ3n) is 1.59. The number of ether oxygens (including phenoxy) is 1. The summed E-state index contributed by atoms with van der Waals surface area (Å²) in [6, 6.07) is 9.35. The van der Waals surface area contributed by atoms with Crippen molar-refractivity contribution in [1.82, 2.24) is 0 Å². The Morgan fingerprint density at radius 1 is 1.40 bits per heavy atom. The molecule has 0 saturated carbocycles. The summed E-state index contributed by atoms with van der Waals surface area (Å²) in [4.78, 5) is 0. The number of rotatable bonds is 4. The molecule has 82 valence electrons. The van der Waals surface area contributed by atoms with E-state index in [-0.39, 0.29) is 11.3 Å². The number of benzene rings is 1. The summed E-state index contributed by atoms with van der Waals surface area (Å²) in [6.45, 7) is 1.08. The molecule has 1 rings (SSSR count). The maximum atomic E-state index is 12.5. The Morgan fingerprint density at radius 3 is 2.53 bits per heavy atom. The zero-order valence-corrected chi connectivity index (χ0v) is 9.80.